The summed E-state index contributed by atoms with van der Waals surface area (Å²) >= 11 is 0. The molecule has 0 unspecified atom stereocenters. The van der Waals surface area contributed by atoms with E-state index in [2.05, 4.69) is 71.3 Å². The van der Waals surface area contributed by atoms with E-state index in [0.29, 0.717) is 13.0 Å². The minimum Gasteiger partial charge on any atom is -0.408 e. The fraction of sp³-hybridized carbons (Fsp3) is 0.781. The Labute approximate surface area is 249 Å². The van der Waals surface area contributed by atoms with Crippen molar-refractivity contribution in [1.29, 1.82) is 0 Å². The van der Waals surface area contributed by atoms with E-state index in [-0.39, 0.29) is 52.9 Å². The second-order valence-corrected chi connectivity index (χ2v) is 18.9. The van der Waals surface area contributed by atoms with Gasteiger partial charge in [-0.1, -0.05) is 57.6 Å². The first kappa shape index (κ1) is 34.2. The van der Waals surface area contributed by atoms with Crippen LogP contribution in [0.1, 0.15) is 74.7 Å². The molecule has 1 spiro atoms. The maximum absolute atomic E-state index is 12.2. The van der Waals surface area contributed by atoms with Crippen molar-refractivity contribution in [1.82, 2.24) is 5.32 Å². The predicted octanol–water partition coefficient (Wildman–Crippen LogP) is 5.43. The summed E-state index contributed by atoms with van der Waals surface area (Å²) in [6.07, 6.45) is 10.4. The fourth-order valence-electron chi connectivity index (χ4n) is 5.41. The molecule has 0 aromatic heterocycles. The largest absolute Gasteiger partial charge is 0.408 e. The van der Waals surface area contributed by atoms with Gasteiger partial charge >= 0.3 is 0 Å². The Morgan fingerprint density at radius 1 is 1.24 bits per heavy atom. The molecular weight excluding hydrogens is 538 g/mol. The first-order valence-corrected chi connectivity index (χ1v) is 18.0. The van der Waals surface area contributed by atoms with Gasteiger partial charge in [0.15, 0.2) is 14.1 Å². The van der Waals surface area contributed by atoms with Gasteiger partial charge < -0.3 is 33.8 Å². The van der Waals surface area contributed by atoms with Crippen LogP contribution in [0.3, 0.4) is 0 Å². The molecule has 0 aromatic carbocycles. The summed E-state index contributed by atoms with van der Waals surface area (Å²) in [7, 11) is -0.395. The van der Waals surface area contributed by atoms with Gasteiger partial charge in [-0.3, -0.25) is 4.79 Å². The van der Waals surface area contributed by atoms with E-state index in [1.165, 1.54) is 12.2 Å². The molecule has 0 radical (unpaired) electrons. The number of methoxy groups -OCH3 is 1. The molecule has 9 heteroatoms. The van der Waals surface area contributed by atoms with Gasteiger partial charge in [-0.05, 0) is 64.6 Å². The molecule has 3 rings (SSSR count). The lowest BCUT2D eigenvalue weighted by Gasteiger charge is -2.48. The van der Waals surface area contributed by atoms with Crippen molar-refractivity contribution in [3.63, 3.8) is 0 Å². The van der Waals surface area contributed by atoms with Crippen LogP contribution in [0.4, 0.5) is 0 Å². The van der Waals surface area contributed by atoms with Gasteiger partial charge in [0.2, 0.25) is 5.91 Å². The molecule has 3 aliphatic heterocycles. The molecule has 8 nitrogen and oxygen atoms in total. The number of hydrogen-bond acceptors (Lipinski definition) is 7. The van der Waals surface area contributed by atoms with Gasteiger partial charge in [-0.15, -0.1) is 0 Å². The number of epoxide rings is 1. The topological polar surface area (TPSA) is 98.8 Å². The molecule has 3 aliphatic rings. The van der Waals surface area contributed by atoms with E-state index in [4.69, 9.17) is 23.4 Å². The van der Waals surface area contributed by atoms with Crippen molar-refractivity contribution >= 4 is 14.2 Å². The number of nitrogens with one attached hydrogen (secondary N) is 1. The highest BCUT2D eigenvalue weighted by Gasteiger charge is 2.64. The van der Waals surface area contributed by atoms with Gasteiger partial charge in [-0.25, -0.2) is 0 Å². The molecule has 0 aromatic rings. The Kier molecular flexibility index (Phi) is 10.9. The van der Waals surface area contributed by atoms with Gasteiger partial charge in [0, 0.05) is 19.6 Å². The number of carbonyl (C=O) groups excluding carboxylic acids is 1. The maximum Gasteiger partial charge on any atom is 0.244 e. The zero-order valence-corrected chi connectivity index (χ0v) is 28.2. The summed E-state index contributed by atoms with van der Waals surface area (Å²) in [5.74, 6) is -0.666. The van der Waals surface area contributed by atoms with Crippen LogP contribution in [0.5, 0.6) is 0 Å². The molecule has 9 atom stereocenters. The maximum atomic E-state index is 12.2. The van der Waals surface area contributed by atoms with Gasteiger partial charge in [0.05, 0.1) is 31.0 Å². The van der Waals surface area contributed by atoms with Crippen LogP contribution >= 0.6 is 0 Å². The molecule has 1 amide bonds. The van der Waals surface area contributed by atoms with E-state index in [1.54, 1.807) is 14.0 Å². The lowest BCUT2D eigenvalue weighted by molar-refractivity contribution is -0.282. The number of hydrogen-bond donors (Lipinski definition) is 2. The average Bonchev–Trinajstić information content (AvgIpc) is 3.63. The number of allylic oxidation sites excluding steroid dienone is 2. The molecule has 0 aliphatic carbocycles. The molecule has 3 fully saturated rings. The normalized spacial score (nSPS) is 37.6. The fourth-order valence-corrected chi connectivity index (χ4v) is 6.75. The Balaban J connectivity index is 1.67. The Bertz CT molecular complexity index is 996. The number of ether oxygens (including phenoxy) is 4. The highest BCUT2D eigenvalue weighted by Crippen LogP contribution is 2.50. The lowest BCUT2D eigenvalue weighted by atomic mass is 9.87. The van der Waals surface area contributed by atoms with Crippen LogP contribution < -0.4 is 5.32 Å². The number of aliphatic hydroxyl groups is 1. The Morgan fingerprint density at radius 3 is 2.46 bits per heavy atom. The average molecular weight is 594 g/mol. The van der Waals surface area contributed by atoms with Crippen LogP contribution in [0.2, 0.25) is 18.1 Å². The van der Waals surface area contributed by atoms with Crippen molar-refractivity contribution in [3.05, 3.63) is 36.0 Å². The quantitative estimate of drug-likeness (QED) is 0.151. The number of carbonyl (C=O) groups is 1. The van der Waals surface area contributed by atoms with E-state index in [1.807, 2.05) is 13.8 Å². The number of rotatable bonds is 10. The van der Waals surface area contributed by atoms with Crippen LogP contribution in [0.15, 0.2) is 36.0 Å². The minimum atomic E-state index is -2.08. The predicted molar refractivity (Wildman–Crippen MR) is 164 cm³/mol. The molecule has 2 N–H and O–H groups in total. The second-order valence-electron chi connectivity index (χ2n) is 14.1. The monoisotopic (exact) mass is 593 g/mol. The van der Waals surface area contributed by atoms with Crippen LogP contribution in [-0.2, 0) is 28.2 Å². The smallest absolute Gasteiger partial charge is 0.244 e. The molecule has 3 heterocycles. The number of amides is 1. The zero-order valence-electron chi connectivity index (χ0n) is 27.2. The second kappa shape index (κ2) is 13.1. The highest BCUT2D eigenvalue weighted by molar-refractivity contribution is 6.74. The Hall–Kier alpha value is -1.33. The lowest BCUT2D eigenvalue weighted by Crippen LogP contribution is -2.60. The summed E-state index contributed by atoms with van der Waals surface area (Å²) in [4.78, 5) is 12.2. The third-order valence-corrected chi connectivity index (χ3v) is 13.7. The molecular formula is C32H55NO7Si. The van der Waals surface area contributed by atoms with E-state index in [0.717, 1.165) is 18.4 Å². The van der Waals surface area contributed by atoms with E-state index >= 15 is 0 Å². The third kappa shape index (κ3) is 8.84. The first-order chi connectivity index (χ1) is 18.9. The van der Waals surface area contributed by atoms with Crippen LogP contribution in [-0.4, -0.2) is 81.0 Å². The summed E-state index contributed by atoms with van der Waals surface area (Å²) in [5, 5.41) is 12.5. The first-order valence-electron chi connectivity index (χ1n) is 15.1. The highest BCUT2D eigenvalue weighted by atomic mass is 28.4. The molecule has 3 saturated heterocycles. The van der Waals surface area contributed by atoms with Gasteiger partial charge in [0.25, 0.3) is 0 Å². The minimum absolute atomic E-state index is 0.0642. The van der Waals surface area contributed by atoms with E-state index < -0.39 is 20.2 Å². The SMILES string of the molecule is CO[C@]1(C)C[C@@]2(CO2)[C@H](O[Si](C)(C)C(C)(C)C)[C@@H](/C=C/C(C)=C/C[C@@H]2O[C@H](C)[C@H](NC(=O)/C=C\[C@H](C)O)C[C@@H]2C)O1. The summed E-state index contributed by atoms with van der Waals surface area (Å²) in [5.41, 5.74) is 0.738. The summed E-state index contributed by atoms with van der Waals surface area (Å²) in [6.45, 7) is 21.8. The van der Waals surface area contributed by atoms with Gasteiger partial charge in [0.1, 0.15) is 17.8 Å². The van der Waals surface area contributed by atoms with Crippen molar-refractivity contribution < 1.29 is 33.3 Å². The number of aliphatic hydroxyl groups excluding tert-OH is 1. The third-order valence-electron chi connectivity index (χ3n) is 9.29. The molecule has 0 saturated carbocycles. The molecule has 0 bridgehead atoms. The van der Waals surface area contributed by atoms with Crippen LogP contribution in [0, 0.1) is 5.92 Å². The van der Waals surface area contributed by atoms with Crippen molar-refractivity contribution in [2.45, 2.75) is 141 Å². The van der Waals surface area contributed by atoms with E-state index in [9.17, 15) is 9.90 Å². The zero-order chi connectivity index (χ0) is 30.8. The molecule has 234 valence electrons. The van der Waals surface area contributed by atoms with Crippen molar-refractivity contribution in [2.75, 3.05) is 13.7 Å². The Morgan fingerprint density at radius 2 is 1.90 bits per heavy atom. The molecule has 41 heavy (non-hydrogen) atoms. The van der Waals surface area contributed by atoms with Gasteiger partial charge in [-0.2, -0.15) is 0 Å². The standard InChI is InChI=1S/C32H55NO7Si/c1-21(12-15-26-22(2)18-25(24(4)38-26)33-28(35)17-14-23(3)34)13-16-27-29(40-41(10,11)30(5,6)7)32(20-37-32)19-31(8,36-9)39-27/h12-14,16-17,22-27,29,34H,15,18-20H2,1-11H3,(H,33,35)/b16-13+,17-14-,21-12+/t22-,23-,24+,25+,26-,27+,29+,31-,32+/m0/s1. The van der Waals surface area contributed by atoms with Crippen LogP contribution in [0.25, 0.3) is 0 Å². The summed E-state index contributed by atoms with van der Waals surface area (Å²) in [6, 6.07) is -0.0642. The van der Waals surface area contributed by atoms with Crippen molar-refractivity contribution in [2.24, 2.45) is 5.92 Å². The summed E-state index contributed by atoms with van der Waals surface area (Å²) < 4.78 is 31.7. The van der Waals surface area contributed by atoms with Crippen molar-refractivity contribution in [3.8, 4) is 0 Å².